The highest BCUT2D eigenvalue weighted by Crippen LogP contribution is 2.35. The minimum Gasteiger partial charge on any atom is -0.336 e. The molecule has 0 spiro atoms. The molecule has 0 atom stereocenters. The third-order valence-electron chi connectivity index (χ3n) is 6.57. The molecule has 0 unspecified atom stereocenters. The van der Waals surface area contributed by atoms with Gasteiger partial charge in [0.1, 0.15) is 0 Å². The lowest BCUT2D eigenvalue weighted by Gasteiger charge is -2.14. The second-order valence-corrected chi connectivity index (χ2v) is 8.37. The van der Waals surface area contributed by atoms with Gasteiger partial charge in [-0.3, -0.25) is 0 Å². The van der Waals surface area contributed by atoms with Gasteiger partial charge in [0.15, 0.2) is 0 Å². The summed E-state index contributed by atoms with van der Waals surface area (Å²) >= 11 is 0. The summed E-state index contributed by atoms with van der Waals surface area (Å²) in [5.74, 6) is 0.605. The zero-order chi connectivity index (χ0) is 21.8. The quantitative estimate of drug-likeness (QED) is 0.337. The zero-order valence-electron chi connectivity index (χ0n) is 17.7. The molecule has 156 valence electrons. The summed E-state index contributed by atoms with van der Waals surface area (Å²) in [6.07, 6.45) is 0. The number of fused-ring (bicyclic) bond motifs is 5. The minimum absolute atomic E-state index is 0.605. The number of tetrazole rings is 1. The van der Waals surface area contributed by atoms with E-state index < -0.39 is 0 Å². The summed E-state index contributed by atoms with van der Waals surface area (Å²) in [6.45, 7) is 0.785. The lowest BCUT2D eigenvalue weighted by Crippen LogP contribution is -2.01. The van der Waals surface area contributed by atoms with Crippen LogP contribution in [0.15, 0.2) is 97.1 Å². The Kier molecular flexibility index (Phi) is 3.84. The SMILES string of the molecule is c1ccc2c(Cn3c4ccccc4c4cc(-c5nn[nH]n5)ccc43)c3ccccc3cc2c1. The second-order valence-electron chi connectivity index (χ2n) is 8.37. The van der Waals surface area contributed by atoms with E-state index in [1.54, 1.807) is 0 Å². The Morgan fingerprint density at radius 1 is 0.636 bits per heavy atom. The molecule has 1 N–H and O–H groups in total. The van der Waals surface area contributed by atoms with Crippen molar-refractivity contribution in [2.75, 3.05) is 0 Å². The number of hydrogen-bond acceptors (Lipinski definition) is 3. The van der Waals surface area contributed by atoms with E-state index in [9.17, 15) is 0 Å². The summed E-state index contributed by atoms with van der Waals surface area (Å²) in [4.78, 5) is 0. The number of nitrogens with one attached hydrogen (secondary N) is 1. The fraction of sp³-hybridized carbons (Fsp3) is 0.0357. The topological polar surface area (TPSA) is 59.4 Å². The van der Waals surface area contributed by atoms with Crippen molar-refractivity contribution in [2.24, 2.45) is 0 Å². The maximum atomic E-state index is 4.16. The molecule has 2 heterocycles. The van der Waals surface area contributed by atoms with E-state index in [4.69, 9.17) is 0 Å². The summed E-state index contributed by atoms with van der Waals surface area (Å²) in [5.41, 5.74) is 4.71. The van der Waals surface area contributed by atoms with Crippen molar-refractivity contribution in [2.45, 2.75) is 6.54 Å². The van der Waals surface area contributed by atoms with Gasteiger partial charge < -0.3 is 4.57 Å². The number of aromatic nitrogens is 5. The van der Waals surface area contributed by atoms with Crippen LogP contribution in [-0.4, -0.2) is 25.2 Å². The Balaban J connectivity index is 1.52. The zero-order valence-corrected chi connectivity index (χ0v) is 17.7. The number of H-pyrrole nitrogens is 1. The molecule has 5 nitrogen and oxygen atoms in total. The highest BCUT2D eigenvalue weighted by atomic mass is 15.5. The van der Waals surface area contributed by atoms with Gasteiger partial charge in [0.25, 0.3) is 0 Å². The average Bonchev–Trinajstić information content (AvgIpc) is 3.51. The predicted molar refractivity (Wildman–Crippen MR) is 133 cm³/mol. The summed E-state index contributed by atoms with van der Waals surface area (Å²) in [5, 5.41) is 22.1. The minimum atomic E-state index is 0.605. The van der Waals surface area contributed by atoms with Gasteiger partial charge in [-0.25, -0.2) is 0 Å². The normalized spacial score (nSPS) is 11.8. The van der Waals surface area contributed by atoms with Crippen LogP contribution in [0.2, 0.25) is 0 Å². The molecule has 5 aromatic carbocycles. The van der Waals surface area contributed by atoms with E-state index >= 15 is 0 Å². The average molecular weight is 425 g/mol. The van der Waals surface area contributed by atoms with E-state index in [0.717, 1.165) is 12.1 Å². The predicted octanol–water partition coefficient (Wildman–Crippen LogP) is 6.33. The third-order valence-corrected chi connectivity index (χ3v) is 6.57. The van der Waals surface area contributed by atoms with Gasteiger partial charge in [0.2, 0.25) is 5.82 Å². The molecule has 7 aromatic rings. The van der Waals surface area contributed by atoms with E-state index in [0.29, 0.717) is 5.82 Å². The van der Waals surface area contributed by atoms with Crippen molar-refractivity contribution in [1.82, 2.24) is 25.2 Å². The Morgan fingerprint density at radius 3 is 2.03 bits per heavy atom. The number of aromatic amines is 1. The Bertz CT molecular complexity index is 1740. The van der Waals surface area contributed by atoms with Gasteiger partial charge in [-0.05, 0) is 62.7 Å². The number of para-hydroxylation sites is 1. The molecule has 7 rings (SSSR count). The highest BCUT2D eigenvalue weighted by Gasteiger charge is 2.15. The van der Waals surface area contributed by atoms with Crippen LogP contribution in [0.4, 0.5) is 0 Å². The van der Waals surface area contributed by atoms with Gasteiger partial charge >= 0.3 is 0 Å². The van der Waals surface area contributed by atoms with Gasteiger partial charge in [-0.2, -0.15) is 5.21 Å². The van der Waals surface area contributed by atoms with Crippen LogP contribution in [0.1, 0.15) is 5.56 Å². The Hall–Kier alpha value is -4.51. The number of rotatable bonds is 3. The van der Waals surface area contributed by atoms with Crippen LogP contribution in [-0.2, 0) is 6.54 Å². The fourth-order valence-electron chi connectivity index (χ4n) is 5.08. The molecular formula is C28H19N5. The van der Waals surface area contributed by atoms with E-state index in [2.05, 4.69) is 122 Å². The molecule has 0 aliphatic rings. The Labute approximate surface area is 189 Å². The first-order valence-electron chi connectivity index (χ1n) is 11.0. The number of benzene rings is 5. The summed E-state index contributed by atoms with van der Waals surface area (Å²) in [6, 6.07) is 34.7. The second kappa shape index (κ2) is 7.00. The third kappa shape index (κ3) is 2.76. The molecular weight excluding hydrogens is 406 g/mol. The van der Waals surface area contributed by atoms with Crippen molar-refractivity contribution < 1.29 is 0 Å². The van der Waals surface area contributed by atoms with Gasteiger partial charge in [0, 0.05) is 33.9 Å². The Morgan fingerprint density at radius 2 is 1.30 bits per heavy atom. The van der Waals surface area contributed by atoms with Gasteiger partial charge in [-0.15, -0.1) is 10.2 Å². The number of hydrogen-bond donors (Lipinski definition) is 1. The van der Waals surface area contributed by atoms with Crippen molar-refractivity contribution >= 4 is 43.4 Å². The standard InChI is InChI=1S/C28H19N5/c1-3-9-21-18(7-1)15-19-8-2-4-10-22(19)25(21)17-33-26-12-6-5-11-23(26)24-16-20(13-14-27(24)33)28-29-31-32-30-28/h1-16H,17H2,(H,29,30,31,32). The van der Waals surface area contributed by atoms with Crippen molar-refractivity contribution in [3.8, 4) is 11.4 Å². The van der Waals surface area contributed by atoms with Gasteiger partial charge in [-0.1, -0.05) is 66.7 Å². The lowest BCUT2D eigenvalue weighted by molar-refractivity contribution is 0.881. The number of nitrogens with zero attached hydrogens (tertiary/aromatic N) is 4. The molecule has 0 saturated heterocycles. The first kappa shape index (κ1) is 18.1. The van der Waals surface area contributed by atoms with Crippen LogP contribution in [0, 0.1) is 0 Å². The van der Waals surface area contributed by atoms with Crippen LogP contribution in [0.3, 0.4) is 0 Å². The van der Waals surface area contributed by atoms with Crippen molar-refractivity contribution in [3.05, 3.63) is 103 Å². The first-order valence-corrected chi connectivity index (χ1v) is 11.0. The maximum absolute atomic E-state index is 4.16. The first-order chi connectivity index (χ1) is 16.4. The molecule has 0 saturated carbocycles. The largest absolute Gasteiger partial charge is 0.336 e. The van der Waals surface area contributed by atoms with E-state index in [1.165, 1.54) is 48.9 Å². The molecule has 2 aromatic heterocycles. The van der Waals surface area contributed by atoms with E-state index in [-0.39, 0.29) is 0 Å². The summed E-state index contributed by atoms with van der Waals surface area (Å²) in [7, 11) is 0. The van der Waals surface area contributed by atoms with Crippen LogP contribution < -0.4 is 0 Å². The molecule has 5 heteroatoms. The molecule has 0 amide bonds. The van der Waals surface area contributed by atoms with Crippen LogP contribution in [0.25, 0.3) is 54.7 Å². The van der Waals surface area contributed by atoms with Crippen molar-refractivity contribution in [1.29, 1.82) is 0 Å². The van der Waals surface area contributed by atoms with Crippen molar-refractivity contribution in [3.63, 3.8) is 0 Å². The molecule has 33 heavy (non-hydrogen) atoms. The monoisotopic (exact) mass is 425 g/mol. The fourth-order valence-corrected chi connectivity index (χ4v) is 5.08. The summed E-state index contributed by atoms with van der Waals surface area (Å²) < 4.78 is 2.43. The molecule has 0 aliphatic heterocycles. The maximum Gasteiger partial charge on any atom is 0.204 e. The van der Waals surface area contributed by atoms with Crippen LogP contribution >= 0.6 is 0 Å². The molecule has 0 bridgehead atoms. The molecule has 0 fully saturated rings. The molecule has 0 aliphatic carbocycles. The van der Waals surface area contributed by atoms with E-state index in [1.807, 2.05) is 0 Å². The van der Waals surface area contributed by atoms with Gasteiger partial charge in [0.05, 0.1) is 0 Å². The van der Waals surface area contributed by atoms with Crippen LogP contribution in [0.5, 0.6) is 0 Å². The smallest absolute Gasteiger partial charge is 0.204 e. The lowest BCUT2D eigenvalue weighted by atomic mass is 9.96. The molecule has 0 radical (unpaired) electrons. The highest BCUT2D eigenvalue weighted by molar-refractivity contribution is 6.10.